The lowest BCUT2D eigenvalue weighted by Gasteiger charge is -2.08. The fraction of sp³-hybridized carbons (Fsp3) is 0.0800. The molecule has 0 saturated carbocycles. The van der Waals surface area contributed by atoms with Crippen LogP contribution in [0.3, 0.4) is 0 Å². The minimum atomic E-state index is -0.259. The zero-order chi connectivity index (χ0) is 21.4. The van der Waals surface area contributed by atoms with Gasteiger partial charge in [-0.15, -0.1) is 0 Å². The number of carbonyl (C=O) groups excluding carboxylic acids is 1. The number of aromatic nitrogens is 2. The molecule has 6 heteroatoms. The standard InChI is InChI=1S/C25H19N3O3/c1-15-7-9-17(10-8-15)23-14-26-25(31-23)20-6-4-3-5-19(20)24(29)28-18-11-12-22-21(13-18)27-16(2)30-22/h3-14H,1-2H3,(H,28,29). The number of rotatable bonds is 4. The molecule has 5 aromatic rings. The molecule has 0 unspecified atom stereocenters. The van der Waals surface area contributed by atoms with Gasteiger partial charge in [-0.05, 0) is 37.3 Å². The van der Waals surface area contributed by atoms with Gasteiger partial charge in [-0.1, -0.05) is 42.0 Å². The zero-order valence-electron chi connectivity index (χ0n) is 17.0. The molecular formula is C25H19N3O3. The number of hydrogen-bond donors (Lipinski definition) is 1. The average Bonchev–Trinajstić information content (AvgIpc) is 3.40. The Morgan fingerprint density at radius 1 is 0.935 bits per heavy atom. The highest BCUT2D eigenvalue weighted by atomic mass is 16.4. The number of oxazole rings is 2. The molecule has 1 N–H and O–H groups in total. The van der Waals surface area contributed by atoms with Crippen LogP contribution in [0.5, 0.6) is 0 Å². The second kappa shape index (κ2) is 7.57. The quantitative estimate of drug-likeness (QED) is 0.393. The highest BCUT2D eigenvalue weighted by Crippen LogP contribution is 2.29. The maximum absolute atomic E-state index is 13.0. The largest absolute Gasteiger partial charge is 0.441 e. The number of carbonyl (C=O) groups is 1. The van der Waals surface area contributed by atoms with Gasteiger partial charge in [0.05, 0.1) is 11.8 Å². The Hall–Kier alpha value is -4.19. The van der Waals surface area contributed by atoms with E-state index in [1.165, 1.54) is 5.56 Å². The molecule has 0 bridgehead atoms. The van der Waals surface area contributed by atoms with Crippen molar-refractivity contribution in [2.45, 2.75) is 13.8 Å². The van der Waals surface area contributed by atoms with E-state index < -0.39 is 0 Å². The van der Waals surface area contributed by atoms with E-state index in [2.05, 4.69) is 15.3 Å². The second-order valence-corrected chi connectivity index (χ2v) is 7.31. The first-order valence-electron chi connectivity index (χ1n) is 9.88. The Labute approximate surface area is 178 Å². The highest BCUT2D eigenvalue weighted by molar-refractivity contribution is 6.08. The molecule has 2 heterocycles. The molecule has 0 spiro atoms. The molecule has 1 amide bonds. The zero-order valence-corrected chi connectivity index (χ0v) is 17.0. The monoisotopic (exact) mass is 409 g/mol. The van der Waals surface area contributed by atoms with Gasteiger partial charge in [-0.25, -0.2) is 9.97 Å². The molecule has 3 aromatic carbocycles. The molecule has 0 radical (unpaired) electrons. The Bertz CT molecular complexity index is 1400. The Balaban J connectivity index is 1.44. The second-order valence-electron chi connectivity index (χ2n) is 7.31. The number of anilines is 1. The summed E-state index contributed by atoms with van der Waals surface area (Å²) in [5, 5.41) is 2.92. The lowest BCUT2D eigenvalue weighted by molar-refractivity contribution is 0.102. The molecule has 152 valence electrons. The summed E-state index contributed by atoms with van der Waals surface area (Å²) in [6, 6.07) is 20.6. The summed E-state index contributed by atoms with van der Waals surface area (Å²) in [4.78, 5) is 21.8. The van der Waals surface area contributed by atoms with E-state index in [-0.39, 0.29) is 5.91 Å². The van der Waals surface area contributed by atoms with Crippen molar-refractivity contribution in [1.82, 2.24) is 9.97 Å². The molecule has 0 fully saturated rings. The smallest absolute Gasteiger partial charge is 0.256 e. The van der Waals surface area contributed by atoms with Crippen molar-refractivity contribution < 1.29 is 13.6 Å². The third-order valence-corrected chi connectivity index (χ3v) is 5.00. The van der Waals surface area contributed by atoms with Crippen molar-refractivity contribution in [2.24, 2.45) is 0 Å². The molecule has 0 aliphatic heterocycles. The van der Waals surface area contributed by atoms with Gasteiger partial charge in [0, 0.05) is 23.7 Å². The fourth-order valence-electron chi connectivity index (χ4n) is 3.44. The molecule has 0 aliphatic rings. The van der Waals surface area contributed by atoms with Crippen LogP contribution < -0.4 is 5.32 Å². The van der Waals surface area contributed by atoms with E-state index in [9.17, 15) is 4.79 Å². The van der Waals surface area contributed by atoms with Gasteiger partial charge in [0.2, 0.25) is 5.89 Å². The first-order chi connectivity index (χ1) is 15.1. The molecule has 31 heavy (non-hydrogen) atoms. The summed E-state index contributed by atoms with van der Waals surface area (Å²) in [6.45, 7) is 3.82. The third-order valence-electron chi connectivity index (χ3n) is 5.00. The molecule has 0 aliphatic carbocycles. The van der Waals surface area contributed by atoms with Gasteiger partial charge in [-0.2, -0.15) is 0 Å². The van der Waals surface area contributed by atoms with Crippen molar-refractivity contribution in [2.75, 3.05) is 5.32 Å². The minimum absolute atomic E-state index is 0.259. The summed E-state index contributed by atoms with van der Waals surface area (Å²) in [5.41, 5.74) is 5.20. The van der Waals surface area contributed by atoms with Gasteiger partial charge < -0.3 is 14.2 Å². The molecule has 2 aromatic heterocycles. The van der Waals surface area contributed by atoms with E-state index in [4.69, 9.17) is 8.83 Å². The fourth-order valence-corrected chi connectivity index (χ4v) is 3.44. The van der Waals surface area contributed by atoms with Gasteiger partial charge >= 0.3 is 0 Å². The number of benzene rings is 3. The average molecular weight is 409 g/mol. The van der Waals surface area contributed by atoms with Crippen LogP contribution in [0.1, 0.15) is 21.8 Å². The predicted octanol–water partition coefficient (Wildman–Crippen LogP) is 6.02. The summed E-state index contributed by atoms with van der Waals surface area (Å²) in [5.74, 6) is 1.36. The van der Waals surface area contributed by atoms with Crippen LogP contribution >= 0.6 is 0 Å². The Morgan fingerprint density at radius 3 is 2.58 bits per heavy atom. The van der Waals surface area contributed by atoms with Crippen molar-refractivity contribution in [1.29, 1.82) is 0 Å². The van der Waals surface area contributed by atoms with E-state index in [1.807, 2.05) is 49.4 Å². The van der Waals surface area contributed by atoms with Gasteiger partial charge in [0.25, 0.3) is 5.91 Å². The molecule has 0 atom stereocenters. The maximum atomic E-state index is 13.0. The number of amides is 1. The van der Waals surface area contributed by atoms with E-state index >= 15 is 0 Å². The number of nitrogens with zero attached hydrogens (tertiary/aromatic N) is 2. The van der Waals surface area contributed by atoms with Crippen LogP contribution in [-0.4, -0.2) is 15.9 Å². The summed E-state index contributed by atoms with van der Waals surface area (Å²) < 4.78 is 11.5. The van der Waals surface area contributed by atoms with Crippen molar-refractivity contribution in [3.05, 3.63) is 89.9 Å². The first kappa shape index (κ1) is 18.8. The van der Waals surface area contributed by atoms with Crippen LogP contribution in [0.2, 0.25) is 0 Å². The Kier molecular flexibility index (Phi) is 4.59. The van der Waals surface area contributed by atoms with Crippen LogP contribution in [0.4, 0.5) is 5.69 Å². The molecule has 6 nitrogen and oxygen atoms in total. The van der Waals surface area contributed by atoms with Gasteiger partial charge in [0.15, 0.2) is 17.2 Å². The maximum Gasteiger partial charge on any atom is 0.256 e. The molecule has 5 rings (SSSR count). The van der Waals surface area contributed by atoms with E-state index in [0.29, 0.717) is 45.5 Å². The van der Waals surface area contributed by atoms with Crippen molar-refractivity contribution >= 4 is 22.7 Å². The minimum Gasteiger partial charge on any atom is -0.441 e. The number of hydrogen-bond acceptors (Lipinski definition) is 5. The predicted molar refractivity (Wildman–Crippen MR) is 119 cm³/mol. The molecular weight excluding hydrogens is 390 g/mol. The van der Waals surface area contributed by atoms with Gasteiger partial charge in [-0.3, -0.25) is 4.79 Å². The van der Waals surface area contributed by atoms with Crippen LogP contribution in [0.15, 0.2) is 81.8 Å². The summed E-state index contributed by atoms with van der Waals surface area (Å²) in [6.07, 6.45) is 1.68. The Morgan fingerprint density at radius 2 is 1.74 bits per heavy atom. The van der Waals surface area contributed by atoms with Crippen LogP contribution in [-0.2, 0) is 0 Å². The normalized spacial score (nSPS) is 11.0. The van der Waals surface area contributed by atoms with Crippen molar-refractivity contribution in [3.8, 4) is 22.8 Å². The number of fused-ring (bicyclic) bond motifs is 1. The van der Waals surface area contributed by atoms with Crippen molar-refractivity contribution in [3.63, 3.8) is 0 Å². The number of nitrogens with one attached hydrogen (secondary N) is 1. The SMILES string of the molecule is Cc1ccc(-c2cnc(-c3ccccc3C(=O)Nc3ccc4oc(C)nc4c3)o2)cc1. The van der Waals surface area contributed by atoms with E-state index in [1.54, 1.807) is 37.4 Å². The third kappa shape index (κ3) is 3.71. The molecule has 0 saturated heterocycles. The van der Waals surface area contributed by atoms with Crippen LogP contribution in [0.25, 0.3) is 33.9 Å². The summed E-state index contributed by atoms with van der Waals surface area (Å²) >= 11 is 0. The number of aryl methyl sites for hydroxylation is 2. The van der Waals surface area contributed by atoms with Gasteiger partial charge in [0.1, 0.15) is 5.52 Å². The highest BCUT2D eigenvalue weighted by Gasteiger charge is 2.17. The summed E-state index contributed by atoms with van der Waals surface area (Å²) in [7, 11) is 0. The first-order valence-corrected chi connectivity index (χ1v) is 9.88. The lowest BCUT2D eigenvalue weighted by Crippen LogP contribution is -2.13. The lowest BCUT2D eigenvalue weighted by atomic mass is 10.1. The topological polar surface area (TPSA) is 81.2 Å². The van der Waals surface area contributed by atoms with E-state index in [0.717, 1.165) is 5.56 Å². The van der Waals surface area contributed by atoms with Crippen LogP contribution in [0, 0.1) is 13.8 Å².